The molecule has 0 saturated carbocycles. The fraction of sp³-hybridized carbons (Fsp3) is 0.280. The van der Waals surface area contributed by atoms with Crippen LogP contribution in [0.2, 0.25) is 0 Å². The van der Waals surface area contributed by atoms with Crippen molar-refractivity contribution in [2.45, 2.75) is 18.8 Å². The van der Waals surface area contributed by atoms with Gasteiger partial charge in [-0.25, -0.2) is 4.79 Å². The summed E-state index contributed by atoms with van der Waals surface area (Å²) in [5, 5.41) is 7.25. The van der Waals surface area contributed by atoms with Crippen molar-refractivity contribution in [1.82, 2.24) is 15.1 Å². The standard InChI is InChI=1S/C25H26N4O4/c1-28(20-6-4-3-5-7-20)24(31)22-16-21(26-27-22)17-12-14-29(15-13-17)23(30)18-8-10-19(11-9-18)25(32)33-2/h3-11,16-17H,12-15H2,1-2H3,(H,26,27). The van der Waals surface area contributed by atoms with Gasteiger partial charge < -0.3 is 14.5 Å². The van der Waals surface area contributed by atoms with Gasteiger partial charge in [0.1, 0.15) is 0 Å². The Labute approximate surface area is 192 Å². The average Bonchev–Trinajstić information content (AvgIpc) is 3.38. The number of amides is 2. The Bertz CT molecular complexity index is 1130. The number of esters is 1. The monoisotopic (exact) mass is 446 g/mol. The molecule has 4 rings (SSSR count). The SMILES string of the molecule is COC(=O)c1ccc(C(=O)N2CCC(c3cc(C(=O)N(C)c4ccccc4)n[nH]3)CC2)cc1. The third kappa shape index (κ3) is 4.79. The van der Waals surface area contributed by atoms with Gasteiger partial charge in [-0.3, -0.25) is 14.7 Å². The highest BCUT2D eigenvalue weighted by atomic mass is 16.5. The number of aromatic nitrogens is 2. The molecule has 3 aromatic rings. The molecule has 1 aliphatic heterocycles. The number of ether oxygens (including phenoxy) is 1. The molecule has 2 amide bonds. The summed E-state index contributed by atoms with van der Waals surface area (Å²) in [6.07, 6.45) is 1.55. The van der Waals surface area contributed by atoms with Crippen LogP contribution in [0.15, 0.2) is 60.7 Å². The van der Waals surface area contributed by atoms with Crippen LogP contribution in [-0.4, -0.2) is 60.1 Å². The minimum Gasteiger partial charge on any atom is -0.465 e. The number of carbonyl (C=O) groups excluding carboxylic acids is 3. The van der Waals surface area contributed by atoms with E-state index in [9.17, 15) is 14.4 Å². The number of benzene rings is 2. The second kappa shape index (κ2) is 9.68. The minimum atomic E-state index is -0.429. The summed E-state index contributed by atoms with van der Waals surface area (Å²) in [6, 6.07) is 17.7. The number of piperidine rings is 1. The number of hydrogen-bond acceptors (Lipinski definition) is 5. The van der Waals surface area contributed by atoms with Gasteiger partial charge in [-0.05, 0) is 55.3 Å². The Balaban J connectivity index is 1.35. The molecule has 0 atom stereocenters. The van der Waals surface area contributed by atoms with Crippen molar-refractivity contribution in [2.24, 2.45) is 0 Å². The van der Waals surface area contributed by atoms with E-state index in [-0.39, 0.29) is 17.7 Å². The number of anilines is 1. The zero-order valence-electron chi connectivity index (χ0n) is 18.7. The molecule has 1 aromatic heterocycles. The molecule has 1 N–H and O–H groups in total. The maximum absolute atomic E-state index is 12.8. The highest BCUT2D eigenvalue weighted by Crippen LogP contribution is 2.28. The zero-order chi connectivity index (χ0) is 23.4. The van der Waals surface area contributed by atoms with Crippen LogP contribution < -0.4 is 4.90 Å². The Kier molecular flexibility index (Phi) is 6.53. The second-order valence-electron chi connectivity index (χ2n) is 8.04. The number of methoxy groups -OCH3 is 1. The van der Waals surface area contributed by atoms with E-state index in [1.54, 1.807) is 36.2 Å². The van der Waals surface area contributed by atoms with E-state index in [1.165, 1.54) is 7.11 Å². The van der Waals surface area contributed by atoms with Gasteiger partial charge in [0.05, 0.1) is 12.7 Å². The van der Waals surface area contributed by atoms with E-state index in [2.05, 4.69) is 10.2 Å². The smallest absolute Gasteiger partial charge is 0.337 e. The van der Waals surface area contributed by atoms with Gasteiger partial charge in [-0.2, -0.15) is 5.10 Å². The van der Waals surface area contributed by atoms with Crippen molar-refractivity contribution in [3.05, 3.63) is 83.2 Å². The molecule has 0 bridgehead atoms. The van der Waals surface area contributed by atoms with Crippen LogP contribution in [0.5, 0.6) is 0 Å². The first kappa shape index (κ1) is 22.3. The molecule has 1 fully saturated rings. The number of hydrogen-bond donors (Lipinski definition) is 1. The Morgan fingerprint density at radius 3 is 2.27 bits per heavy atom. The molecule has 1 aliphatic rings. The maximum Gasteiger partial charge on any atom is 0.337 e. The number of H-pyrrole nitrogens is 1. The number of likely N-dealkylation sites (tertiary alicyclic amines) is 1. The van der Waals surface area contributed by atoms with Crippen LogP contribution >= 0.6 is 0 Å². The van der Waals surface area contributed by atoms with Crippen molar-refractivity contribution in [3.8, 4) is 0 Å². The van der Waals surface area contributed by atoms with Gasteiger partial charge in [0.2, 0.25) is 0 Å². The van der Waals surface area contributed by atoms with Crippen LogP contribution in [0.25, 0.3) is 0 Å². The van der Waals surface area contributed by atoms with E-state index in [0.29, 0.717) is 29.9 Å². The molecule has 1 saturated heterocycles. The maximum atomic E-state index is 12.8. The predicted molar refractivity (Wildman–Crippen MR) is 123 cm³/mol. The van der Waals surface area contributed by atoms with Gasteiger partial charge in [-0.15, -0.1) is 0 Å². The normalized spacial score (nSPS) is 14.1. The largest absolute Gasteiger partial charge is 0.465 e. The lowest BCUT2D eigenvalue weighted by Gasteiger charge is -2.31. The first-order chi connectivity index (χ1) is 16.0. The molecule has 0 unspecified atom stereocenters. The molecule has 2 heterocycles. The Morgan fingerprint density at radius 2 is 1.64 bits per heavy atom. The molecule has 0 aliphatic carbocycles. The van der Waals surface area contributed by atoms with E-state index in [0.717, 1.165) is 24.2 Å². The summed E-state index contributed by atoms with van der Waals surface area (Å²) in [4.78, 5) is 40.6. The third-order valence-corrected chi connectivity index (χ3v) is 6.04. The lowest BCUT2D eigenvalue weighted by atomic mass is 9.93. The van der Waals surface area contributed by atoms with Crippen molar-refractivity contribution >= 4 is 23.5 Å². The summed E-state index contributed by atoms with van der Waals surface area (Å²) < 4.78 is 4.69. The van der Waals surface area contributed by atoms with Gasteiger partial charge in [0.25, 0.3) is 11.8 Å². The molecule has 33 heavy (non-hydrogen) atoms. The molecule has 170 valence electrons. The van der Waals surface area contributed by atoms with E-state index < -0.39 is 5.97 Å². The molecule has 2 aromatic carbocycles. The van der Waals surface area contributed by atoms with Gasteiger partial charge in [0, 0.05) is 43.0 Å². The second-order valence-corrected chi connectivity index (χ2v) is 8.04. The molecular formula is C25H26N4O4. The van der Waals surface area contributed by atoms with Crippen LogP contribution in [0.3, 0.4) is 0 Å². The van der Waals surface area contributed by atoms with Gasteiger partial charge in [-0.1, -0.05) is 18.2 Å². The number of nitrogens with one attached hydrogen (secondary N) is 1. The highest BCUT2D eigenvalue weighted by molar-refractivity contribution is 6.04. The Hall–Kier alpha value is -3.94. The molecule has 0 radical (unpaired) electrons. The minimum absolute atomic E-state index is 0.0603. The topological polar surface area (TPSA) is 95.6 Å². The average molecular weight is 447 g/mol. The van der Waals surface area contributed by atoms with Crippen LogP contribution in [0.4, 0.5) is 5.69 Å². The van der Waals surface area contributed by atoms with Gasteiger partial charge >= 0.3 is 5.97 Å². The molecule has 0 spiro atoms. The van der Waals surface area contributed by atoms with Crippen molar-refractivity contribution in [2.75, 3.05) is 32.1 Å². The first-order valence-corrected chi connectivity index (χ1v) is 10.8. The fourth-order valence-corrected chi connectivity index (χ4v) is 4.04. The summed E-state index contributed by atoms with van der Waals surface area (Å²) in [6.45, 7) is 1.21. The number of nitrogens with zero attached hydrogens (tertiary/aromatic N) is 3. The molecule has 8 heteroatoms. The summed E-state index contributed by atoms with van der Waals surface area (Å²) in [5.41, 5.74) is 3.04. The zero-order valence-corrected chi connectivity index (χ0v) is 18.7. The summed E-state index contributed by atoms with van der Waals surface area (Å²) >= 11 is 0. The summed E-state index contributed by atoms with van der Waals surface area (Å²) in [7, 11) is 3.06. The van der Waals surface area contributed by atoms with Crippen LogP contribution in [0, 0.1) is 0 Å². The van der Waals surface area contributed by atoms with Gasteiger partial charge in [0.15, 0.2) is 5.69 Å². The van der Waals surface area contributed by atoms with Crippen molar-refractivity contribution in [1.29, 1.82) is 0 Å². The van der Waals surface area contributed by atoms with E-state index in [4.69, 9.17) is 4.74 Å². The third-order valence-electron chi connectivity index (χ3n) is 6.04. The van der Waals surface area contributed by atoms with Crippen LogP contribution in [-0.2, 0) is 4.74 Å². The van der Waals surface area contributed by atoms with Crippen molar-refractivity contribution in [3.63, 3.8) is 0 Å². The van der Waals surface area contributed by atoms with Crippen molar-refractivity contribution < 1.29 is 19.1 Å². The molecular weight excluding hydrogens is 420 g/mol. The van der Waals surface area contributed by atoms with Crippen LogP contribution in [0.1, 0.15) is 55.7 Å². The Morgan fingerprint density at radius 1 is 1.00 bits per heavy atom. The number of aromatic amines is 1. The quantitative estimate of drug-likeness (QED) is 0.606. The lowest BCUT2D eigenvalue weighted by Crippen LogP contribution is -2.38. The summed E-state index contributed by atoms with van der Waals surface area (Å²) in [5.74, 6) is -0.462. The van der Waals surface area contributed by atoms with E-state index >= 15 is 0 Å². The number of para-hydroxylation sites is 1. The highest BCUT2D eigenvalue weighted by Gasteiger charge is 2.27. The first-order valence-electron chi connectivity index (χ1n) is 10.8. The molecule has 8 nitrogen and oxygen atoms in total. The number of rotatable bonds is 5. The fourth-order valence-electron chi connectivity index (χ4n) is 4.04. The number of carbonyl (C=O) groups is 3. The van der Waals surface area contributed by atoms with E-state index in [1.807, 2.05) is 41.3 Å². The predicted octanol–water partition coefficient (Wildman–Crippen LogP) is 3.49. The lowest BCUT2D eigenvalue weighted by molar-refractivity contribution is 0.0599.